The molecule has 0 spiro atoms. The minimum absolute atomic E-state index is 0.0965. The van der Waals surface area contributed by atoms with E-state index in [1.54, 1.807) is 0 Å². The summed E-state index contributed by atoms with van der Waals surface area (Å²) in [4.78, 5) is 11.4. The molecule has 0 saturated carbocycles. The van der Waals surface area contributed by atoms with Gasteiger partial charge in [-0.25, -0.2) is 0 Å². The third kappa shape index (κ3) is 4.94. The summed E-state index contributed by atoms with van der Waals surface area (Å²) in [5, 5.41) is 6.16. The quantitative estimate of drug-likeness (QED) is 0.637. The van der Waals surface area contributed by atoms with E-state index < -0.39 is 0 Å². The van der Waals surface area contributed by atoms with E-state index in [1.165, 1.54) is 0 Å². The van der Waals surface area contributed by atoms with Crippen molar-refractivity contribution in [3.05, 3.63) is 0 Å². The first-order valence-electron chi connectivity index (χ1n) is 6.32. The van der Waals surface area contributed by atoms with Crippen LogP contribution in [0.1, 0.15) is 33.1 Å². The van der Waals surface area contributed by atoms with Gasteiger partial charge in [0.15, 0.2) is 0 Å². The summed E-state index contributed by atoms with van der Waals surface area (Å²) in [6.45, 7) is 7.13. The Balaban J connectivity index is 2.06. The Bertz CT molecular complexity index is 203. The van der Waals surface area contributed by atoms with Crippen molar-refractivity contribution < 1.29 is 9.53 Å². The zero-order valence-corrected chi connectivity index (χ0v) is 10.4. The highest BCUT2D eigenvalue weighted by Crippen LogP contribution is 2.15. The van der Waals surface area contributed by atoms with Gasteiger partial charge in [0.2, 0.25) is 5.91 Å². The van der Waals surface area contributed by atoms with Crippen molar-refractivity contribution in [2.75, 3.05) is 26.3 Å². The predicted molar refractivity (Wildman–Crippen MR) is 64.3 cm³/mol. The van der Waals surface area contributed by atoms with Crippen LogP contribution in [-0.4, -0.2) is 38.3 Å². The lowest BCUT2D eigenvalue weighted by Crippen LogP contribution is -2.41. The number of carbonyl (C=O) groups is 1. The van der Waals surface area contributed by atoms with E-state index in [9.17, 15) is 4.79 Å². The van der Waals surface area contributed by atoms with Gasteiger partial charge in [-0.3, -0.25) is 4.79 Å². The highest BCUT2D eigenvalue weighted by Gasteiger charge is 2.22. The van der Waals surface area contributed by atoms with Gasteiger partial charge >= 0.3 is 0 Å². The van der Waals surface area contributed by atoms with Crippen molar-refractivity contribution in [3.8, 4) is 0 Å². The van der Waals surface area contributed by atoms with Crippen molar-refractivity contribution in [2.45, 2.75) is 39.2 Å². The maximum Gasteiger partial charge on any atom is 0.233 e. The molecule has 1 aliphatic rings. The molecule has 0 bridgehead atoms. The molecule has 94 valence electrons. The highest BCUT2D eigenvalue weighted by molar-refractivity contribution is 5.77. The monoisotopic (exact) mass is 228 g/mol. The van der Waals surface area contributed by atoms with E-state index in [0.717, 1.165) is 39.0 Å². The molecule has 16 heavy (non-hydrogen) atoms. The Kier molecular flexibility index (Phi) is 6.42. The SMILES string of the molecule is CCCCNC(=O)CNC(C)C1CCOC1. The van der Waals surface area contributed by atoms with Crippen molar-refractivity contribution in [1.29, 1.82) is 0 Å². The standard InChI is InChI=1S/C12H24N2O2/c1-3-4-6-13-12(15)8-14-10(2)11-5-7-16-9-11/h10-11,14H,3-9H2,1-2H3,(H,13,15). The predicted octanol–water partition coefficient (Wildman–Crippen LogP) is 0.917. The van der Waals surface area contributed by atoms with Crippen LogP contribution in [0.3, 0.4) is 0 Å². The first kappa shape index (κ1) is 13.5. The van der Waals surface area contributed by atoms with Gasteiger partial charge < -0.3 is 15.4 Å². The van der Waals surface area contributed by atoms with Gasteiger partial charge in [0.1, 0.15) is 0 Å². The lowest BCUT2D eigenvalue weighted by Gasteiger charge is -2.18. The fraction of sp³-hybridized carbons (Fsp3) is 0.917. The summed E-state index contributed by atoms with van der Waals surface area (Å²) in [7, 11) is 0. The Morgan fingerprint density at radius 2 is 2.38 bits per heavy atom. The summed E-state index contributed by atoms with van der Waals surface area (Å²) >= 11 is 0. The number of ether oxygens (including phenoxy) is 1. The minimum Gasteiger partial charge on any atom is -0.381 e. The van der Waals surface area contributed by atoms with E-state index in [4.69, 9.17) is 4.74 Å². The molecule has 1 amide bonds. The van der Waals surface area contributed by atoms with Crippen LogP contribution >= 0.6 is 0 Å². The van der Waals surface area contributed by atoms with Crippen molar-refractivity contribution in [3.63, 3.8) is 0 Å². The minimum atomic E-state index is 0.0965. The van der Waals surface area contributed by atoms with E-state index in [0.29, 0.717) is 18.5 Å². The van der Waals surface area contributed by atoms with Crippen LogP contribution in [-0.2, 0) is 9.53 Å². The zero-order valence-electron chi connectivity index (χ0n) is 10.4. The summed E-state index contributed by atoms with van der Waals surface area (Å²) in [6.07, 6.45) is 3.27. The molecule has 1 aliphatic heterocycles. The maximum absolute atomic E-state index is 11.4. The molecule has 2 unspecified atom stereocenters. The average molecular weight is 228 g/mol. The van der Waals surface area contributed by atoms with Crippen LogP contribution in [0, 0.1) is 5.92 Å². The number of rotatable bonds is 7. The molecular formula is C12H24N2O2. The molecule has 0 aromatic carbocycles. The van der Waals surface area contributed by atoms with Crippen LogP contribution in [0.25, 0.3) is 0 Å². The van der Waals surface area contributed by atoms with Crippen molar-refractivity contribution in [1.82, 2.24) is 10.6 Å². The largest absolute Gasteiger partial charge is 0.381 e. The van der Waals surface area contributed by atoms with Crippen LogP contribution in [0.2, 0.25) is 0 Å². The number of unbranched alkanes of at least 4 members (excludes halogenated alkanes) is 1. The molecule has 4 nitrogen and oxygen atoms in total. The second kappa shape index (κ2) is 7.63. The molecule has 0 aromatic heterocycles. The first-order valence-corrected chi connectivity index (χ1v) is 6.32. The first-order chi connectivity index (χ1) is 7.74. The molecule has 1 rings (SSSR count). The molecule has 0 aliphatic carbocycles. The fourth-order valence-corrected chi connectivity index (χ4v) is 1.83. The van der Waals surface area contributed by atoms with Crippen LogP contribution < -0.4 is 10.6 Å². The molecule has 0 aromatic rings. The van der Waals surface area contributed by atoms with Crippen molar-refractivity contribution in [2.24, 2.45) is 5.92 Å². The summed E-state index contributed by atoms with van der Waals surface area (Å²) in [5.41, 5.74) is 0. The number of carbonyl (C=O) groups excluding carboxylic acids is 1. The average Bonchev–Trinajstić information content (AvgIpc) is 2.79. The summed E-state index contributed by atoms with van der Waals surface area (Å²) in [5.74, 6) is 0.655. The molecule has 1 fully saturated rings. The Morgan fingerprint density at radius 1 is 1.56 bits per heavy atom. The van der Waals surface area contributed by atoms with Gasteiger partial charge in [-0.05, 0) is 25.7 Å². The Labute approximate surface area is 98.1 Å². The van der Waals surface area contributed by atoms with Gasteiger partial charge in [0.05, 0.1) is 13.2 Å². The molecule has 1 heterocycles. The second-order valence-electron chi connectivity index (χ2n) is 4.50. The van der Waals surface area contributed by atoms with Crippen LogP contribution in [0.5, 0.6) is 0 Å². The number of amides is 1. The Morgan fingerprint density at radius 3 is 3.00 bits per heavy atom. The van der Waals surface area contributed by atoms with Gasteiger partial charge in [0.25, 0.3) is 0 Å². The molecular weight excluding hydrogens is 204 g/mol. The normalized spacial score (nSPS) is 22.0. The summed E-state index contributed by atoms with van der Waals surface area (Å²) < 4.78 is 5.32. The highest BCUT2D eigenvalue weighted by atomic mass is 16.5. The van der Waals surface area contributed by atoms with E-state index >= 15 is 0 Å². The van der Waals surface area contributed by atoms with E-state index in [2.05, 4.69) is 24.5 Å². The second-order valence-corrected chi connectivity index (χ2v) is 4.50. The summed E-state index contributed by atoms with van der Waals surface area (Å²) in [6, 6.07) is 0.361. The van der Waals surface area contributed by atoms with Gasteiger partial charge in [-0.1, -0.05) is 13.3 Å². The lowest BCUT2D eigenvalue weighted by molar-refractivity contribution is -0.120. The third-order valence-corrected chi connectivity index (χ3v) is 3.11. The van der Waals surface area contributed by atoms with Gasteiger partial charge in [-0.15, -0.1) is 0 Å². The maximum atomic E-state index is 11.4. The van der Waals surface area contributed by atoms with Gasteiger partial charge in [0, 0.05) is 19.2 Å². The van der Waals surface area contributed by atoms with Crippen molar-refractivity contribution >= 4 is 5.91 Å². The van der Waals surface area contributed by atoms with E-state index in [-0.39, 0.29) is 5.91 Å². The third-order valence-electron chi connectivity index (χ3n) is 3.11. The zero-order chi connectivity index (χ0) is 11.8. The molecule has 0 radical (unpaired) electrons. The van der Waals surface area contributed by atoms with Gasteiger partial charge in [-0.2, -0.15) is 0 Å². The van der Waals surface area contributed by atoms with E-state index in [1.807, 2.05) is 0 Å². The molecule has 2 N–H and O–H groups in total. The lowest BCUT2D eigenvalue weighted by atomic mass is 10.0. The van der Waals surface area contributed by atoms with Crippen LogP contribution in [0.4, 0.5) is 0 Å². The smallest absolute Gasteiger partial charge is 0.233 e. The fourth-order valence-electron chi connectivity index (χ4n) is 1.83. The number of hydrogen-bond acceptors (Lipinski definition) is 3. The molecule has 1 saturated heterocycles. The van der Waals surface area contributed by atoms with Crippen LogP contribution in [0.15, 0.2) is 0 Å². The number of hydrogen-bond donors (Lipinski definition) is 2. The molecule has 2 atom stereocenters. The Hall–Kier alpha value is -0.610. The topological polar surface area (TPSA) is 50.4 Å². The molecule has 4 heteroatoms. The number of nitrogens with one attached hydrogen (secondary N) is 2.